The molecule has 100 valence electrons. The molecule has 0 bridgehead atoms. The van der Waals surface area contributed by atoms with Gasteiger partial charge in [0, 0.05) is 11.6 Å². The number of aryl methyl sites for hydroxylation is 1. The van der Waals surface area contributed by atoms with Crippen LogP contribution in [-0.2, 0) is 0 Å². The molecule has 0 spiro atoms. The van der Waals surface area contributed by atoms with Crippen molar-refractivity contribution in [2.24, 2.45) is 5.92 Å². The summed E-state index contributed by atoms with van der Waals surface area (Å²) < 4.78 is 5.19. The molecule has 3 nitrogen and oxygen atoms in total. The molecule has 0 aromatic heterocycles. The lowest BCUT2D eigenvalue weighted by molar-refractivity contribution is 0.0924. The molecule has 0 aliphatic rings. The first-order chi connectivity index (χ1) is 8.49. The molecule has 0 radical (unpaired) electrons. The number of hydrogen-bond acceptors (Lipinski definition) is 2. The molecule has 0 saturated carbocycles. The van der Waals surface area contributed by atoms with E-state index in [-0.39, 0.29) is 11.9 Å². The molecule has 1 rings (SSSR count). The van der Waals surface area contributed by atoms with Crippen molar-refractivity contribution in [3.63, 3.8) is 0 Å². The number of benzene rings is 1. The van der Waals surface area contributed by atoms with Gasteiger partial charge in [-0.15, -0.1) is 0 Å². The Morgan fingerprint density at radius 3 is 2.50 bits per heavy atom. The van der Waals surface area contributed by atoms with Crippen molar-refractivity contribution < 1.29 is 9.53 Å². The molecular formula is C15H23NO2. The highest BCUT2D eigenvalue weighted by Crippen LogP contribution is 2.18. The van der Waals surface area contributed by atoms with Crippen LogP contribution in [0.5, 0.6) is 5.75 Å². The Morgan fingerprint density at radius 1 is 1.39 bits per heavy atom. The van der Waals surface area contributed by atoms with Crippen molar-refractivity contribution in [3.8, 4) is 5.75 Å². The molecule has 0 aliphatic heterocycles. The van der Waals surface area contributed by atoms with Crippen LogP contribution in [0.1, 0.15) is 43.1 Å². The molecule has 1 N–H and O–H groups in total. The van der Waals surface area contributed by atoms with Crippen molar-refractivity contribution in [1.29, 1.82) is 0 Å². The second-order valence-corrected chi connectivity index (χ2v) is 4.92. The standard InChI is InChI=1S/C15H23NO2/c1-6-13(10(2)3)16-15(17)12-7-8-14(18-5)11(4)9-12/h7-10,13H,6H2,1-5H3,(H,16,17). The van der Waals surface area contributed by atoms with E-state index in [4.69, 9.17) is 4.74 Å². The van der Waals surface area contributed by atoms with Crippen LogP contribution in [0.15, 0.2) is 18.2 Å². The fraction of sp³-hybridized carbons (Fsp3) is 0.533. The molecular weight excluding hydrogens is 226 g/mol. The third-order valence-electron chi connectivity index (χ3n) is 3.22. The molecule has 1 amide bonds. The highest BCUT2D eigenvalue weighted by Gasteiger charge is 2.15. The monoisotopic (exact) mass is 249 g/mol. The van der Waals surface area contributed by atoms with E-state index in [1.807, 2.05) is 19.1 Å². The summed E-state index contributed by atoms with van der Waals surface area (Å²) in [4.78, 5) is 12.1. The highest BCUT2D eigenvalue weighted by molar-refractivity contribution is 5.94. The molecule has 0 aliphatic carbocycles. The fourth-order valence-corrected chi connectivity index (χ4v) is 2.01. The maximum absolute atomic E-state index is 12.1. The summed E-state index contributed by atoms with van der Waals surface area (Å²) in [6.07, 6.45) is 0.943. The van der Waals surface area contributed by atoms with Crippen molar-refractivity contribution >= 4 is 5.91 Å². The summed E-state index contributed by atoms with van der Waals surface area (Å²) in [5, 5.41) is 3.07. The molecule has 0 fully saturated rings. The Hall–Kier alpha value is -1.51. The normalized spacial score (nSPS) is 12.3. The fourth-order valence-electron chi connectivity index (χ4n) is 2.01. The SMILES string of the molecule is CCC(NC(=O)c1ccc(OC)c(C)c1)C(C)C. The van der Waals surface area contributed by atoms with Gasteiger partial charge in [0.25, 0.3) is 5.91 Å². The number of carbonyl (C=O) groups is 1. The quantitative estimate of drug-likeness (QED) is 0.870. The van der Waals surface area contributed by atoms with Gasteiger partial charge >= 0.3 is 0 Å². The van der Waals surface area contributed by atoms with E-state index in [0.717, 1.165) is 17.7 Å². The average Bonchev–Trinajstić information content (AvgIpc) is 2.35. The minimum absolute atomic E-state index is 0.0127. The van der Waals surface area contributed by atoms with Crippen LogP contribution in [0.3, 0.4) is 0 Å². The van der Waals surface area contributed by atoms with Crippen LogP contribution in [0.4, 0.5) is 0 Å². The largest absolute Gasteiger partial charge is 0.496 e. The first kappa shape index (κ1) is 14.6. The van der Waals surface area contributed by atoms with Gasteiger partial charge in [0.1, 0.15) is 5.75 Å². The van der Waals surface area contributed by atoms with Gasteiger partial charge in [0.2, 0.25) is 0 Å². The minimum Gasteiger partial charge on any atom is -0.496 e. The maximum atomic E-state index is 12.1. The van der Waals surface area contributed by atoms with E-state index in [2.05, 4.69) is 26.1 Å². The maximum Gasteiger partial charge on any atom is 0.251 e. The van der Waals surface area contributed by atoms with Crippen LogP contribution >= 0.6 is 0 Å². The summed E-state index contributed by atoms with van der Waals surface area (Å²) in [5.41, 5.74) is 1.66. The van der Waals surface area contributed by atoms with Crippen molar-refractivity contribution in [3.05, 3.63) is 29.3 Å². The first-order valence-corrected chi connectivity index (χ1v) is 6.45. The van der Waals surface area contributed by atoms with E-state index >= 15 is 0 Å². The molecule has 0 saturated heterocycles. The van der Waals surface area contributed by atoms with E-state index in [9.17, 15) is 4.79 Å². The van der Waals surface area contributed by atoms with Gasteiger partial charge in [0.15, 0.2) is 0 Å². The van der Waals surface area contributed by atoms with Gasteiger partial charge in [0.05, 0.1) is 7.11 Å². The lowest BCUT2D eigenvalue weighted by Gasteiger charge is -2.20. The van der Waals surface area contributed by atoms with Crippen LogP contribution in [0.2, 0.25) is 0 Å². The number of carbonyl (C=O) groups excluding carboxylic acids is 1. The van der Waals surface area contributed by atoms with Gasteiger partial charge in [-0.05, 0) is 43.0 Å². The van der Waals surface area contributed by atoms with E-state index in [1.165, 1.54) is 0 Å². The van der Waals surface area contributed by atoms with E-state index in [1.54, 1.807) is 13.2 Å². The second kappa shape index (κ2) is 6.43. The molecule has 3 heteroatoms. The zero-order valence-corrected chi connectivity index (χ0v) is 11.9. The third kappa shape index (κ3) is 3.49. The summed E-state index contributed by atoms with van der Waals surface area (Å²) in [6.45, 7) is 8.26. The summed E-state index contributed by atoms with van der Waals surface area (Å²) in [5.74, 6) is 1.24. The lowest BCUT2D eigenvalue weighted by atomic mass is 10.0. The van der Waals surface area contributed by atoms with Crippen LogP contribution in [0, 0.1) is 12.8 Å². The van der Waals surface area contributed by atoms with Gasteiger partial charge < -0.3 is 10.1 Å². The van der Waals surface area contributed by atoms with Gasteiger partial charge in [-0.25, -0.2) is 0 Å². The van der Waals surface area contributed by atoms with Gasteiger partial charge in [-0.3, -0.25) is 4.79 Å². The zero-order valence-electron chi connectivity index (χ0n) is 11.9. The van der Waals surface area contributed by atoms with Crippen LogP contribution in [0.25, 0.3) is 0 Å². The molecule has 0 heterocycles. The zero-order chi connectivity index (χ0) is 13.7. The topological polar surface area (TPSA) is 38.3 Å². The number of hydrogen-bond donors (Lipinski definition) is 1. The predicted octanol–water partition coefficient (Wildman–Crippen LogP) is 3.17. The van der Waals surface area contributed by atoms with Gasteiger partial charge in [-0.1, -0.05) is 20.8 Å². The molecule has 1 atom stereocenters. The number of ether oxygens (including phenoxy) is 1. The number of rotatable bonds is 5. The Bertz CT molecular complexity index is 413. The molecule has 1 aromatic carbocycles. The summed E-state index contributed by atoms with van der Waals surface area (Å²) in [6, 6.07) is 5.72. The molecule has 18 heavy (non-hydrogen) atoms. The average molecular weight is 249 g/mol. The highest BCUT2D eigenvalue weighted by atomic mass is 16.5. The van der Waals surface area contributed by atoms with E-state index < -0.39 is 0 Å². The number of nitrogens with one attached hydrogen (secondary N) is 1. The van der Waals surface area contributed by atoms with Gasteiger partial charge in [-0.2, -0.15) is 0 Å². The predicted molar refractivity (Wildman–Crippen MR) is 74.1 cm³/mol. The number of methoxy groups -OCH3 is 1. The smallest absolute Gasteiger partial charge is 0.251 e. The Morgan fingerprint density at radius 2 is 2.06 bits per heavy atom. The Balaban J connectivity index is 2.81. The molecule has 1 aromatic rings. The minimum atomic E-state index is -0.0127. The summed E-state index contributed by atoms with van der Waals surface area (Å²) in [7, 11) is 1.63. The summed E-state index contributed by atoms with van der Waals surface area (Å²) >= 11 is 0. The molecule has 1 unspecified atom stereocenters. The van der Waals surface area contributed by atoms with Crippen LogP contribution in [-0.4, -0.2) is 19.1 Å². The van der Waals surface area contributed by atoms with Crippen LogP contribution < -0.4 is 10.1 Å². The number of amides is 1. The van der Waals surface area contributed by atoms with E-state index in [0.29, 0.717) is 11.5 Å². The van der Waals surface area contributed by atoms with Crippen molar-refractivity contribution in [2.45, 2.75) is 40.2 Å². The van der Waals surface area contributed by atoms with Crippen molar-refractivity contribution in [1.82, 2.24) is 5.32 Å². The third-order valence-corrected chi connectivity index (χ3v) is 3.22. The Labute approximate surface area is 110 Å². The first-order valence-electron chi connectivity index (χ1n) is 6.45. The van der Waals surface area contributed by atoms with Crippen molar-refractivity contribution in [2.75, 3.05) is 7.11 Å². The lowest BCUT2D eigenvalue weighted by Crippen LogP contribution is -2.38. The second-order valence-electron chi connectivity index (χ2n) is 4.92. The Kier molecular flexibility index (Phi) is 5.20.